The summed E-state index contributed by atoms with van der Waals surface area (Å²) in [5.74, 6) is 1.74. The summed E-state index contributed by atoms with van der Waals surface area (Å²) in [7, 11) is 0. The van der Waals surface area contributed by atoms with Gasteiger partial charge in [0, 0.05) is 27.9 Å². The first-order chi connectivity index (χ1) is 10.3. The van der Waals surface area contributed by atoms with Crippen LogP contribution >= 0.6 is 11.8 Å². The molecule has 1 aromatic heterocycles. The Kier molecular flexibility index (Phi) is 4.06. The maximum Gasteiger partial charge on any atom is 0.123 e. The third-order valence-corrected chi connectivity index (χ3v) is 4.26. The van der Waals surface area contributed by atoms with Gasteiger partial charge >= 0.3 is 0 Å². The first-order valence-electron chi connectivity index (χ1n) is 6.98. The number of para-hydroxylation sites is 1. The summed E-state index contributed by atoms with van der Waals surface area (Å²) < 4.78 is 5.66. The number of nitrogens with two attached hydrogens (primary N) is 1. The van der Waals surface area contributed by atoms with E-state index in [9.17, 15) is 0 Å². The van der Waals surface area contributed by atoms with Gasteiger partial charge in [0.2, 0.25) is 0 Å². The number of ether oxygens (including phenoxy) is 1. The molecule has 108 valence electrons. The van der Waals surface area contributed by atoms with Crippen LogP contribution in [-0.4, -0.2) is 11.6 Å². The summed E-state index contributed by atoms with van der Waals surface area (Å²) in [6, 6.07) is 16.3. The van der Waals surface area contributed by atoms with Crippen molar-refractivity contribution >= 4 is 28.4 Å². The average molecular weight is 298 g/mol. The molecule has 3 rings (SSSR count). The van der Waals surface area contributed by atoms with E-state index in [0.29, 0.717) is 6.61 Å². The summed E-state index contributed by atoms with van der Waals surface area (Å²) in [5, 5.41) is 2.39. The van der Waals surface area contributed by atoms with Crippen LogP contribution in [0, 0.1) is 0 Å². The zero-order chi connectivity index (χ0) is 14.7. The van der Waals surface area contributed by atoms with Crippen molar-refractivity contribution in [2.24, 2.45) is 0 Å². The van der Waals surface area contributed by atoms with Crippen LogP contribution in [0.2, 0.25) is 0 Å². The van der Waals surface area contributed by atoms with Crippen molar-refractivity contribution in [3.05, 3.63) is 54.1 Å². The highest BCUT2D eigenvalue weighted by Crippen LogP contribution is 2.30. The highest BCUT2D eigenvalue weighted by Gasteiger charge is 2.07. The molecule has 0 unspecified atom stereocenters. The molecule has 0 bridgehead atoms. The molecule has 0 fully saturated rings. The number of aromatic amines is 1. The lowest BCUT2D eigenvalue weighted by Crippen LogP contribution is -1.97. The van der Waals surface area contributed by atoms with E-state index in [4.69, 9.17) is 10.5 Å². The Morgan fingerprint density at radius 2 is 2.00 bits per heavy atom. The van der Waals surface area contributed by atoms with Crippen LogP contribution in [0.25, 0.3) is 10.9 Å². The van der Waals surface area contributed by atoms with Crippen molar-refractivity contribution in [2.75, 3.05) is 12.3 Å². The first kappa shape index (κ1) is 13.9. The number of nitrogens with one attached hydrogen (secondary N) is 1. The van der Waals surface area contributed by atoms with Gasteiger partial charge in [-0.05, 0) is 37.3 Å². The van der Waals surface area contributed by atoms with Gasteiger partial charge in [-0.15, -0.1) is 11.8 Å². The molecule has 0 aliphatic heterocycles. The Morgan fingerprint density at radius 1 is 1.14 bits per heavy atom. The van der Waals surface area contributed by atoms with Gasteiger partial charge < -0.3 is 15.5 Å². The Hall–Kier alpha value is -2.07. The van der Waals surface area contributed by atoms with Gasteiger partial charge in [-0.3, -0.25) is 0 Å². The van der Waals surface area contributed by atoms with E-state index in [-0.39, 0.29) is 0 Å². The fourth-order valence-corrected chi connectivity index (χ4v) is 3.22. The Morgan fingerprint density at radius 3 is 2.81 bits per heavy atom. The van der Waals surface area contributed by atoms with Crippen LogP contribution < -0.4 is 10.5 Å². The second-order valence-electron chi connectivity index (χ2n) is 4.81. The lowest BCUT2D eigenvalue weighted by molar-refractivity contribution is 0.337. The van der Waals surface area contributed by atoms with Gasteiger partial charge in [-0.2, -0.15) is 0 Å². The molecule has 3 nitrogen and oxygen atoms in total. The fraction of sp³-hybridized carbons (Fsp3) is 0.176. The average Bonchev–Trinajstić information content (AvgIpc) is 2.90. The van der Waals surface area contributed by atoms with Crippen LogP contribution in [0.15, 0.2) is 53.6 Å². The molecule has 3 N–H and O–H groups in total. The molecule has 0 radical (unpaired) electrons. The van der Waals surface area contributed by atoms with Crippen molar-refractivity contribution < 1.29 is 4.74 Å². The zero-order valence-corrected chi connectivity index (χ0v) is 12.7. The van der Waals surface area contributed by atoms with E-state index in [0.717, 1.165) is 33.3 Å². The van der Waals surface area contributed by atoms with E-state index >= 15 is 0 Å². The normalized spacial score (nSPS) is 10.9. The number of aromatic nitrogens is 1. The smallest absolute Gasteiger partial charge is 0.123 e. The maximum atomic E-state index is 5.88. The zero-order valence-electron chi connectivity index (χ0n) is 11.9. The lowest BCUT2D eigenvalue weighted by atomic mass is 10.2. The Bertz CT molecular complexity index is 718. The molecule has 3 aromatic rings. The quantitative estimate of drug-likeness (QED) is 0.541. The van der Waals surface area contributed by atoms with Crippen LogP contribution in [0.3, 0.4) is 0 Å². The fourth-order valence-electron chi connectivity index (χ4n) is 2.29. The van der Waals surface area contributed by atoms with Crippen molar-refractivity contribution in [2.45, 2.75) is 17.7 Å². The van der Waals surface area contributed by atoms with E-state index in [1.54, 1.807) is 11.8 Å². The van der Waals surface area contributed by atoms with Crippen molar-refractivity contribution in [1.29, 1.82) is 0 Å². The van der Waals surface area contributed by atoms with E-state index < -0.39 is 0 Å². The molecule has 0 spiro atoms. The number of rotatable bonds is 5. The van der Waals surface area contributed by atoms with Gasteiger partial charge in [0.25, 0.3) is 0 Å². The minimum absolute atomic E-state index is 0.661. The molecule has 0 amide bonds. The van der Waals surface area contributed by atoms with Gasteiger partial charge in [-0.25, -0.2) is 0 Å². The van der Waals surface area contributed by atoms with Crippen LogP contribution in [-0.2, 0) is 5.75 Å². The number of nitrogen functional groups attached to an aromatic ring is 1. The number of fused-ring (bicyclic) bond motifs is 1. The number of hydrogen-bond donors (Lipinski definition) is 2. The highest BCUT2D eigenvalue weighted by molar-refractivity contribution is 7.98. The Labute approximate surface area is 128 Å². The molecule has 21 heavy (non-hydrogen) atoms. The molecule has 0 aliphatic carbocycles. The molecule has 0 saturated heterocycles. The molecule has 1 heterocycles. The number of benzene rings is 2. The van der Waals surface area contributed by atoms with Crippen LogP contribution in [0.5, 0.6) is 5.75 Å². The number of anilines is 1. The number of thioether (sulfide) groups is 1. The summed E-state index contributed by atoms with van der Waals surface area (Å²) in [4.78, 5) is 3.42. The topological polar surface area (TPSA) is 51.0 Å². The molecule has 4 heteroatoms. The molecular weight excluding hydrogens is 280 g/mol. The third-order valence-electron chi connectivity index (χ3n) is 3.27. The molecule has 0 atom stereocenters. The number of H-pyrrole nitrogens is 1. The van der Waals surface area contributed by atoms with Crippen molar-refractivity contribution in [1.82, 2.24) is 4.98 Å². The van der Waals surface area contributed by atoms with Gasteiger partial charge in [0.05, 0.1) is 11.6 Å². The lowest BCUT2D eigenvalue weighted by Gasteiger charge is -2.10. The second-order valence-corrected chi connectivity index (χ2v) is 5.83. The minimum Gasteiger partial charge on any atom is -0.494 e. The summed E-state index contributed by atoms with van der Waals surface area (Å²) in [6.45, 7) is 2.65. The van der Waals surface area contributed by atoms with Crippen molar-refractivity contribution in [3.63, 3.8) is 0 Å². The monoisotopic (exact) mass is 298 g/mol. The third kappa shape index (κ3) is 3.16. The van der Waals surface area contributed by atoms with Gasteiger partial charge in [0.1, 0.15) is 5.75 Å². The predicted octanol–water partition coefficient (Wildman–Crippen LogP) is 4.44. The van der Waals surface area contributed by atoms with Crippen LogP contribution in [0.1, 0.15) is 12.5 Å². The van der Waals surface area contributed by atoms with Crippen LogP contribution in [0.4, 0.5) is 5.69 Å². The SMILES string of the molecule is CCOc1ccc(N)cc1CSc1cc2ccccc2[nH]1. The van der Waals surface area contributed by atoms with E-state index in [1.807, 2.05) is 31.2 Å². The number of hydrogen-bond acceptors (Lipinski definition) is 3. The summed E-state index contributed by atoms with van der Waals surface area (Å²) >= 11 is 1.76. The maximum absolute atomic E-state index is 5.88. The summed E-state index contributed by atoms with van der Waals surface area (Å²) in [5.41, 5.74) is 8.94. The Balaban J connectivity index is 1.79. The highest BCUT2D eigenvalue weighted by atomic mass is 32.2. The first-order valence-corrected chi connectivity index (χ1v) is 7.96. The van der Waals surface area contributed by atoms with Gasteiger partial charge in [0.15, 0.2) is 0 Å². The predicted molar refractivity (Wildman–Crippen MR) is 89.9 cm³/mol. The molecule has 0 saturated carbocycles. The van der Waals surface area contributed by atoms with Crippen molar-refractivity contribution in [3.8, 4) is 5.75 Å². The molecule has 0 aliphatic rings. The molecular formula is C17H18N2OS. The van der Waals surface area contributed by atoms with Gasteiger partial charge in [-0.1, -0.05) is 18.2 Å². The standard InChI is InChI=1S/C17H18N2OS/c1-2-20-16-8-7-14(18)9-13(16)11-21-17-10-12-5-3-4-6-15(12)19-17/h3-10,19H,2,11,18H2,1H3. The largest absolute Gasteiger partial charge is 0.494 e. The second kappa shape index (κ2) is 6.14. The van der Waals surface area contributed by atoms with E-state index in [2.05, 4.69) is 29.2 Å². The summed E-state index contributed by atoms with van der Waals surface area (Å²) in [6.07, 6.45) is 0. The van der Waals surface area contributed by atoms with E-state index in [1.165, 1.54) is 5.39 Å². The minimum atomic E-state index is 0.661. The molecule has 2 aromatic carbocycles.